The standard InChI is InChI=1S/C18H17FN4O2S.C17H17N2/c1-4-5-22-13-7-12(11(19)6-14(13)25-9-16(22)24)20-17-23-10-18(2,3)8-15(23)21-26-17;1-18-16(14-9-5-3-6-10-14)13-17(19(18)2)15-11-7-4-8-12-15/h1,6-7H,5,8-10H2,2-3H3;3-13H,1-2H3/q;+1. The van der Waals surface area contributed by atoms with Gasteiger partial charge in [-0.3, -0.25) is 9.69 Å². The van der Waals surface area contributed by atoms with Gasteiger partial charge in [0.15, 0.2) is 19.5 Å². The Balaban J connectivity index is 0.000000167. The minimum Gasteiger partial charge on any atom is -0.481 e. The Morgan fingerprint density at radius 1 is 1.09 bits per heavy atom. The van der Waals surface area contributed by atoms with Gasteiger partial charge in [-0.05, 0) is 23.6 Å². The van der Waals surface area contributed by atoms with Crippen LogP contribution in [0.1, 0.15) is 19.7 Å². The number of hydrogen-bond donors (Lipinski definition) is 0. The summed E-state index contributed by atoms with van der Waals surface area (Å²) in [5, 5.41) is 0. The molecule has 0 radical (unpaired) electrons. The van der Waals surface area contributed by atoms with E-state index in [-0.39, 0.29) is 30.2 Å². The van der Waals surface area contributed by atoms with Crippen molar-refractivity contribution in [2.75, 3.05) is 18.1 Å². The van der Waals surface area contributed by atoms with E-state index in [0.29, 0.717) is 16.2 Å². The maximum atomic E-state index is 14.5. The lowest BCUT2D eigenvalue weighted by molar-refractivity contribution is -0.740. The van der Waals surface area contributed by atoms with Crippen LogP contribution in [-0.2, 0) is 31.9 Å². The molecule has 0 aliphatic carbocycles. The molecule has 0 atom stereocenters. The number of carbonyl (C=O) groups excluding carboxylic acids is 1. The summed E-state index contributed by atoms with van der Waals surface area (Å²) in [5.41, 5.74) is 5.60. The van der Waals surface area contributed by atoms with Crippen molar-refractivity contribution < 1.29 is 18.6 Å². The Hall–Kier alpha value is -5.01. The van der Waals surface area contributed by atoms with Crippen molar-refractivity contribution in [2.45, 2.75) is 26.8 Å². The maximum absolute atomic E-state index is 14.5. The lowest BCUT2D eigenvalue weighted by Crippen LogP contribution is -2.39. The maximum Gasteiger partial charge on any atom is 0.265 e. The van der Waals surface area contributed by atoms with E-state index in [1.165, 1.54) is 51.1 Å². The summed E-state index contributed by atoms with van der Waals surface area (Å²) in [7, 11) is 4.18. The predicted octanol–water partition coefficient (Wildman–Crippen LogP) is 5.44. The van der Waals surface area contributed by atoms with Gasteiger partial charge in [-0.1, -0.05) is 68.3 Å². The fourth-order valence-electron chi connectivity index (χ4n) is 5.64. The molecular weight excluding hydrogens is 587 g/mol. The van der Waals surface area contributed by atoms with E-state index in [9.17, 15) is 9.18 Å². The second-order valence-corrected chi connectivity index (χ2v) is 12.6. The molecule has 45 heavy (non-hydrogen) atoms. The lowest BCUT2D eigenvalue weighted by atomic mass is 9.92. The van der Waals surface area contributed by atoms with Crippen LogP contribution in [0.25, 0.3) is 22.5 Å². The van der Waals surface area contributed by atoms with Crippen LogP contribution < -0.4 is 19.1 Å². The molecule has 2 aromatic heterocycles. The van der Waals surface area contributed by atoms with Crippen molar-refractivity contribution in [2.24, 2.45) is 24.5 Å². The lowest BCUT2D eigenvalue weighted by Gasteiger charge is -2.28. The van der Waals surface area contributed by atoms with E-state index in [2.05, 4.69) is 107 Å². The van der Waals surface area contributed by atoms with Crippen LogP contribution in [-0.4, -0.2) is 32.7 Å². The fourth-order valence-corrected chi connectivity index (χ4v) is 6.40. The van der Waals surface area contributed by atoms with E-state index in [1.54, 1.807) is 0 Å². The molecule has 0 spiro atoms. The van der Waals surface area contributed by atoms with Gasteiger partial charge in [0.1, 0.15) is 23.0 Å². The molecule has 8 nitrogen and oxygen atoms in total. The van der Waals surface area contributed by atoms with Gasteiger partial charge in [0.05, 0.1) is 19.3 Å². The van der Waals surface area contributed by atoms with Crippen molar-refractivity contribution >= 4 is 28.8 Å². The van der Waals surface area contributed by atoms with E-state index < -0.39 is 5.82 Å². The van der Waals surface area contributed by atoms with E-state index in [4.69, 9.17) is 11.2 Å². The summed E-state index contributed by atoms with van der Waals surface area (Å²) in [6.07, 6.45) is 6.22. The molecule has 0 saturated heterocycles. The first-order valence-corrected chi connectivity index (χ1v) is 15.4. The molecule has 0 fully saturated rings. The first kappa shape index (κ1) is 30.0. The molecule has 0 bridgehead atoms. The molecule has 5 aromatic rings. The summed E-state index contributed by atoms with van der Waals surface area (Å²) < 4.78 is 30.7. The first-order valence-electron chi connectivity index (χ1n) is 14.6. The minimum absolute atomic E-state index is 0.0964. The van der Waals surface area contributed by atoms with Crippen LogP contribution in [0.2, 0.25) is 0 Å². The fraction of sp³-hybridized carbons (Fsp3) is 0.257. The number of fused-ring (bicyclic) bond motifs is 2. The molecule has 3 aromatic carbocycles. The highest BCUT2D eigenvalue weighted by Crippen LogP contribution is 2.37. The summed E-state index contributed by atoms with van der Waals surface area (Å²) in [6, 6.07) is 26.0. The van der Waals surface area contributed by atoms with Crippen LogP contribution in [0.4, 0.5) is 15.8 Å². The Labute approximate surface area is 265 Å². The smallest absolute Gasteiger partial charge is 0.265 e. The third-order valence-electron chi connectivity index (χ3n) is 7.99. The molecule has 2 aliphatic heterocycles. The van der Waals surface area contributed by atoms with Crippen LogP contribution in [0.5, 0.6) is 5.75 Å². The second-order valence-electron chi connectivity index (χ2n) is 11.9. The molecule has 0 unspecified atom stereocenters. The van der Waals surface area contributed by atoms with Gasteiger partial charge >= 0.3 is 0 Å². The average molecular weight is 622 g/mol. The number of aromatic nitrogens is 4. The summed E-state index contributed by atoms with van der Waals surface area (Å²) in [6.45, 7) is 5.05. The number of rotatable bonds is 4. The van der Waals surface area contributed by atoms with E-state index >= 15 is 0 Å². The number of amides is 1. The second kappa shape index (κ2) is 12.2. The van der Waals surface area contributed by atoms with Gasteiger partial charge in [0.25, 0.3) is 5.91 Å². The summed E-state index contributed by atoms with van der Waals surface area (Å²) in [4.78, 5) is 18.6. The number of nitrogens with zero attached hydrogens (tertiary/aromatic N) is 6. The number of halogens is 1. The van der Waals surface area contributed by atoms with Crippen molar-refractivity contribution in [1.29, 1.82) is 0 Å². The Morgan fingerprint density at radius 2 is 1.78 bits per heavy atom. The number of hydrogen-bond acceptors (Lipinski definition) is 5. The van der Waals surface area contributed by atoms with E-state index in [0.717, 1.165) is 18.8 Å². The summed E-state index contributed by atoms with van der Waals surface area (Å²) >= 11 is 1.24. The zero-order valence-electron chi connectivity index (χ0n) is 25.7. The van der Waals surface area contributed by atoms with Gasteiger partial charge in [-0.25, -0.2) is 9.38 Å². The monoisotopic (exact) mass is 621 g/mol. The van der Waals surface area contributed by atoms with Gasteiger partial charge in [-0.2, -0.15) is 9.06 Å². The van der Waals surface area contributed by atoms with Gasteiger partial charge in [0.2, 0.25) is 10.5 Å². The molecule has 10 heteroatoms. The predicted molar refractivity (Wildman–Crippen MR) is 173 cm³/mol. The van der Waals surface area contributed by atoms with Gasteiger partial charge < -0.3 is 9.30 Å². The third kappa shape index (κ3) is 6.04. The van der Waals surface area contributed by atoms with Crippen LogP contribution in [0.15, 0.2) is 83.9 Å². The summed E-state index contributed by atoms with van der Waals surface area (Å²) in [5.74, 6) is 2.92. The highest BCUT2D eigenvalue weighted by molar-refractivity contribution is 7.02. The molecule has 1 amide bonds. The number of anilines is 1. The van der Waals surface area contributed by atoms with Crippen LogP contribution in [0.3, 0.4) is 0 Å². The van der Waals surface area contributed by atoms with Gasteiger partial charge in [0, 0.05) is 47.8 Å². The quantitative estimate of drug-likeness (QED) is 0.198. The average Bonchev–Trinajstić information content (AvgIpc) is 3.65. The number of terminal acetylenes is 1. The Kier molecular flexibility index (Phi) is 8.12. The number of benzene rings is 3. The minimum atomic E-state index is -0.515. The third-order valence-corrected chi connectivity index (χ3v) is 8.77. The molecular formula is C35H34FN6O2S+. The zero-order chi connectivity index (χ0) is 31.7. The Bertz CT molecular complexity index is 1930. The van der Waals surface area contributed by atoms with Crippen molar-refractivity contribution in [1.82, 2.24) is 13.6 Å². The highest BCUT2D eigenvalue weighted by Gasteiger charge is 2.31. The van der Waals surface area contributed by atoms with Crippen LogP contribution >= 0.6 is 11.5 Å². The molecule has 0 N–H and O–H groups in total. The van der Waals surface area contributed by atoms with E-state index in [1.807, 2.05) is 16.7 Å². The van der Waals surface area contributed by atoms with Gasteiger partial charge in [-0.15, -0.1) is 11.1 Å². The molecule has 0 saturated carbocycles. The van der Waals surface area contributed by atoms with Crippen LogP contribution in [0, 0.1) is 23.6 Å². The molecule has 4 heterocycles. The number of ether oxygens (including phenoxy) is 1. The molecule has 228 valence electrons. The molecule has 2 aliphatic rings. The SMILES string of the molecule is C#CCN1C(=O)COc2cc(F)c(N=c3snc4n3CC(C)(C)C4)cc21.Cn1c(-c2ccccc2)cc(-c2ccccc2)[n+]1C. The highest BCUT2D eigenvalue weighted by atomic mass is 32.1. The topological polar surface area (TPSA) is 68.5 Å². The largest absolute Gasteiger partial charge is 0.481 e. The number of carbonyl (C=O) groups is 1. The Morgan fingerprint density at radius 3 is 2.47 bits per heavy atom. The molecule has 7 rings (SSSR count). The van der Waals surface area contributed by atoms with Crippen molar-refractivity contribution in [3.05, 3.63) is 95.3 Å². The zero-order valence-corrected chi connectivity index (χ0v) is 26.5. The normalized spacial score (nSPS) is 15.1. The van der Waals surface area contributed by atoms with Crippen molar-refractivity contribution in [3.63, 3.8) is 0 Å². The first-order chi connectivity index (χ1) is 21.6. The van der Waals surface area contributed by atoms with Crippen molar-refractivity contribution in [3.8, 4) is 40.6 Å².